The summed E-state index contributed by atoms with van der Waals surface area (Å²) in [6, 6.07) is 16.9. The van der Waals surface area contributed by atoms with Gasteiger partial charge in [0.1, 0.15) is 12.4 Å². The monoisotopic (exact) mass is 395 g/mol. The number of aryl methyl sites for hydroxylation is 1. The first kappa shape index (κ1) is 20.9. The Labute approximate surface area is 172 Å². The Morgan fingerprint density at radius 1 is 1.03 bits per heavy atom. The minimum atomic E-state index is -0.233. The van der Waals surface area contributed by atoms with Crippen molar-refractivity contribution in [2.24, 2.45) is 0 Å². The van der Waals surface area contributed by atoms with Crippen LogP contribution in [-0.2, 0) is 4.79 Å². The van der Waals surface area contributed by atoms with E-state index in [0.29, 0.717) is 44.9 Å². The van der Waals surface area contributed by atoms with Crippen LogP contribution in [0.25, 0.3) is 0 Å². The maximum Gasteiger partial charge on any atom is 0.253 e. The van der Waals surface area contributed by atoms with E-state index in [9.17, 15) is 9.59 Å². The van der Waals surface area contributed by atoms with Gasteiger partial charge in [-0.1, -0.05) is 30.3 Å². The van der Waals surface area contributed by atoms with Gasteiger partial charge in [0.15, 0.2) is 0 Å². The Morgan fingerprint density at radius 3 is 2.45 bits per heavy atom. The summed E-state index contributed by atoms with van der Waals surface area (Å²) in [6.07, 6.45) is 0. The van der Waals surface area contributed by atoms with Crippen LogP contribution in [-0.4, -0.2) is 67.0 Å². The van der Waals surface area contributed by atoms with Gasteiger partial charge in [-0.05, 0) is 43.7 Å². The Balaban J connectivity index is 1.39. The molecule has 0 aromatic heterocycles. The number of benzene rings is 2. The summed E-state index contributed by atoms with van der Waals surface area (Å²) < 4.78 is 5.67. The van der Waals surface area contributed by atoms with E-state index in [0.717, 1.165) is 11.3 Å². The van der Waals surface area contributed by atoms with Crippen molar-refractivity contribution in [2.75, 3.05) is 39.3 Å². The van der Waals surface area contributed by atoms with Crippen LogP contribution in [0.4, 0.5) is 0 Å². The van der Waals surface area contributed by atoms with Crippen LogP contribution in [0, 0.1) is 6.92 Å². The third-order valence-electron chi connectivity index (χ3n) is 5.21. The van der Waals surface area contributed by atoms with E-state index in [4.69, 9.17) is 4.74 Å². The number of carbonyl (C=O) groups is 2. The number of hydrogen-bond donors (Lipinski definition) is 1. The van der Waals surface area contributed by atoms with Gasteiger partial charge in [0.25, 0.3) is 5.91 Å². The molecule has 1 aliphatic heterocycles. The molecule has 0 bridgehead atoms. The van der Waals surface area contributed by atoms with Crippen LogP contribution in [0.2, 0.25) is 0 Å². The molecule has 6 nitrogen and oxygen atoms in total. The molecule has 1 aliphatic rings. The minimum Gasteiger partial charge on any atom is -0.492 e. The zero-order valence-corrected chi connectivity index (χ0v) is 17.1. The molecule has 1 atom stereocenters. The maximum absolute atomic E-state index is 12.5. The zero-order chi connectivity index (χ0) is 20.6. The highest BCUT2D eigenvalue weighted by atomic mass is 16.5. The van der Waals surface area contributed by atoms with E-state index in [1.807, 2.05) is 73.3 Å². The fourth-order valence-corrected chi connectivity index (χ4v) is 3.44. The number of nitrogens with one attached hydrogen (secondary N) is 1. The van der Waals surface area contributed by atoms with Gasteiger partial charge >= 0.3 is 0 Å². The number of nitrogens with zero attached hydrogens (tertiary/aromatic N) is 2. The average molecular weight is 396 g/mol. The lowest BCUT2D eigenvalue weighted by atomic mass is 10.1. The standard InChI is InChI=1S/C23H29N3O3/c1-18-7-6-10-21(17-18)29-16-11-24-22(27)19(2)25-12-14-26(15-13-25)23(28)20-8-4-3-5-9-20/h3-10,17,19H,11-16H2,1-2H3,(H,24,27). The first-order chi connectivity index (χ1) is 14.0. The quantitative estimate of drug-likeness (QED) is 0.731. The van der Waals surface area contributed by atoms with Crippen molar-refractivity contribution in [3.05, 3.63) is 65.7 Å². The van der Waals surface area contributed by atoms with Crippen LogP contribution < -0.4 is 10.1 Å². The summed E-state index contributed by atoms with van der Waals surface area (Å²) in [5, 5.41) is 2.94. The van der Waals surface area contributed by atoms with E-state index in [1.165, 1.54) is 0 Å². The number of carbonyl (C=O) groups excluding carboxylic acids is 2. The lowest BCUT2D eigenvalue weighted by molar-refractivity contribution is -0.126. The highest BCUT2D eigenvalue weighted by molar-refractivity contribution is 5.94. The molecule has 1 fully saturated rings. The van der Waals surface area contributed by atoms with Crippen LogP contribution in [0.5, 0.6) is 5.75 Å². The number of ether oxygens (including phenoxy) is 1. The van der Waals surface area contributed by atoms with Gasteiger partial charge in [-0.15, -0.1) is 0 Å². The first-order valence-electron chi connectivity index (χ1n) is 10.1. The molecule has 1 N–H and O–H groups in total. The number of amides is 2. The predicted molar refractivity (Wildman–Crippen MR) is 113 cm³/mol. The topological polar surface area (TPSA) is 61.9 Å². The van der Waals surface area contributed by atoms with Gasteiger partial charge in [-0.25, -0.2) is 0 Å². The SMILES string of the molecule is Cc1cccc(OCCNC(=O)C(C)N2CCN(C(=O)c3ccccc3)CC2)c1. The van der Waals surface area contributed by atoms with Crippen molar-refractivity contribution in [1.82, 2.24) is 15.1 Å². The van der Waals surface area contributed by atoms with E-state index in [-0.39, 0.29) is 17.9 Å². The summed E-state index contributed by atoms with van der Waals surface area (Å²) >= 11 is 0. The number of hydrogen-bond acceptors (Lipinski definition) is 4. The smallest absolute Gasteiger partial charge is 0.253 e. The lowest BCUT2D eigenvalue weighted by Gasteiger charge is -2.37. The lowest BCUT2D eigenvalue weighted by Crippen LogP contribution is -2.55. The van der Waals surface area contributed by atoms with Crippen molar-refractivity contribution in [2.45, 2.75) is 19.9 Å². The second-order valence-electron chi connectivity index (χ2n) is 7.33. The number of rotatable bonds is 7. The average Bonchev–Trinajstić information content (AvgIpc) is 2.76. The predicted octanol–water partition coefficient (Wildman–Crippen LogP) is 2.34. The van der Waals surface area contributed by atoms with E-state index in [2.05, 4.69) is 10.2 Å². The second kappa shape index (κ2) is 10.1. The van der Waals surface area contributed by atoms with Crippen molar-refractivity contribution < 1.29 is 14.3 Å². The molecule has 0 radical (unpaired) electrons. The molecule has 2 amide bonds. The normalized spacial score (nSPS) is 15.6. The van der Waals surface area contributed by atoms with E-state index in [1.54, 1.807) is 0 Å². The fraction of sp³-hybridized carbons (Fsp3) is 0.391. The summed E-state index contributed by atoms with van der Waals surface area (Å²) in [4.78, 5) is 29.0. The molecule has 0 aliphatic carbocycles. The third-order valence-corrected chi connectivity index (χ3v) is 5.21. The van der Waals surface area contributed by atoms with Crippen molar-refractivity contribution >= 4 is 11.8 Å². The Morgan fingerprint density at radius 2 is 1.76 bits per heavy atom. The first-order valence-corrected chi connectivity index (χ1v) is 10.1. The molecule has 1 heterocycles. The molecule has 0 saturated carbocycles. The Hall–Kier alpha value is -2.86. The molecule has 0 spiro atoms. The molecule has 29 heavy (non-hydrogen) atoms. The Bertz CT molecular complexity index is 817. The van der Waals surface area contributed by atoms with Crippen LogP contribution in [0.3, 0.4) is 0 Å². The highest BCUT2D eigenvalue weighted by Crippen LogP contribution is 2.12. The van der Waals surface area contributed by atoms with Gasteiger partial charge in [0, 0.05) is 31.7 Å². The van der Waals surface area contributed by atoms with Crippen LogP contribution >= 0.6 is 0 Å². The Kier molecular flexibility index (Phi) is 7.25. The summed E-state index contributed by atoms with van der Waals surface area (Å²) in [5.41, 5.74) is 1.85. The fourth-order valence-electron chi connectivity index (χ4n) is 3.44. The molecule has 6 heteroatoms. The summed E-state index contributed by atoms with van der Waals surface area (Å²) in [6.45, 7) is 7.45. The van der Waals surface area contributed by atoms with Crippen LogP contribution in [0.15, 0.2) is 54.6 Å². The van der Waals surface area contributed by atoms with Gasteiger partial charge < -0.3 is 15.0 Å². The number of piperazine rings is 1. The highest BCUT2D eigenvalue weighted by Gasteiger charge is 2.27. The molecule has 1 unspecified atom stereocenters. The largest absolute Gasteiger partial charge is 0.492 e. The second-order valence-corrected chi connectivity index (χ2v) is 7.33. The van der Waals surface area contributed by atoms with Crippen LogP contribution in [0.1, 0.15) is 22.8 Å². The van der Waals surface area contributed by atoms with Gasteiger partial charge in [-0.3, -0.25) is 14.5 Å². The molecule has 2 aromatic rings. The van der Waals surface area contributed by atoms with Crippen molar-refractivity contribution in [1.29, 1.82) is 0 Å². The molecular formula is C23H29N3O3. The van der Waals surface area contributed by atoms with Gasteiger partial charge in [0.2, 0.25) is 5.91 Å². The van der Waals surface area contributed by atoms with Crippen molar-refractivity contribution in [3.8, 4) is 5.75 Å². The molecule has 3 rings (SSSR count). The molecular weight excluding hydrogens is 366 g/mol. The van der Waals surface area contributed by atoms with Gasteiger partial charge in [-0.2, -0.15) is 0 Å². The minimum absolute atomic E-state index is 0.0133. The maximum atomic E-state index is 12.5. The third kappa shape index (κ3) is 5.81. The van der Waals surface area contributed by atoms with E-state index < -0.39 is 0 Å². The summed E-state index contributed by atoms with van der Waals surface area (Å²) in [7, 11) is 0. The van der Waals surface area contributed by atoms with Crippen molar-refractivity contribution in [3.63, 3.8) is 0 Å². The molecule has 1 saturated heterocycles. The molecule has 154 valence electrons. The summed E-state index contributed by atoms with van der Waals surface area (Å²) in [5.74, 6) is 0.850. The van der Waals surface area contributed by atoms with E-state index >= 15 is 0 Å². The molecule has 2 aromatic carbocycles. The van der Waals surface area contributed by atoms with Gasteiger partial charge in [0.05, 0.1) is 12.6 Å². The zero-order valence-electron chi connectivity index (χ0n) is 17.1.